The van der Waals surface area contributed by atoms with Crippen LogP contribution in [0.3, 0.4) is 0 Å². The molecule has 37 heavy (non-hydrogen) atoms. The van der Waals surface area contributed by atoms with E-state index in [0.29, 0.717) is 23.2 Å². The Morgan fingerprint density at radius 1 is 0.865 bits per heavy atom. The lowest BCUT2D eigenvalue weighted by Gasteiger charge is -2.28. The Kier molecular flexibility index (Phi) is 7.30. The normalized spacial score (nSPS) is 15.8. The van der Waals surface area contributed by atoms with Gasteiger partial charge < -0.3 is 10.2 Å². The van der Waals surface area contributed by atoms with E-state index in [1.165, 1.54) is 4.90 Å². The van der Waals surface area contributed by atoms with Crippen molar-refractivity contribution in [3.8, 4) is 0 Å². The molecule has 1 atom stereocenters. The van der Waals surface area contributed by atoms with Crippen LogP contribution in [0.1, 0.15) is 55.5 Å². The summed E-state index contributed by atoms with van der Waals surface area (Å²) in [7, 11) is 0. The molecule has 0 spiro atoms. The Balaban J connectivity index is 1.72. The summed E-state index contributed by atoms with van der Waals surface area (Å²) in [6.07, 6.45) is 0.501. The third kappa shape index (κ3) is 5.64. The van der Waals surface area contributed by atoms with E-state index in [1.54, 1.807) is 24.3 Å². The van der Waals surface area contributed by atoms with E-state index in [1.807, 2.05) is 54.6 Å². The van der Waals surface area contributed by atoms with Gasteiger partial charge in [-0.15, -0.1) is 0 Å². The molecule has 1 amide bonds. The standard InChI is InChI=1S/C31H31NO5/c1-31(2,3)23-14-12-22(13-15-23)28-27(25(33)18-11-20-7-5-4-6-8-20)29(36)30(37)32(28)24-16-9-21(10-17-24)19-26(34)35/h4-10,12-17,28,36H,11,18-19H2,1-3H3,(H,34,35). The number of Topliss-reactive ketones (excluding diaryl/α,β-unsaturated/α-hetero) is 1. The van der Waals surface area contributed by atoms with Gasteiger partial charge in [-0.2, -0.15) is 0 Å². The van der Waals surface area contributed by atoms with Crippen molar-refractivity contribution in [2.75, 3.05) is 4.90 Å². The number of ketones is 1. The first-order valence-electron chi connectivity index (χ1n) is 12.3. The quantitative estimate of drug-likeness (QED) is 0.415. The largest absolute Gasteiger partial charge is 0.503 e. The van der Waals surface area contributed by atoms with Crippen LogP contribution >= 0.6 is 0 Å². The number of aliphatic carboxylic acids is 1. The summed E-state index contributed by atoms with van der Waals surface area (Å²) in [5.41, 5.74) is 3.89. The number of aryl methyl sites for hydroxylation is 1. The molecule has 0 radical (unpaired) electrons. The van der Waals surface area contributed by atoms with Crippen molar-refractivity contribution in [2.24, 2.45) is 0 Å². The van der Waals surface area contributed by atoms with Crippen LogP contribution in [0.15, 0.2) is 90.2 Å². The zero-order valence-corrected chi connectivity index (χ0v) is 21.3. The lowest BCUT2D eigenvalue weighted by atomic mass is 9.85. The molecule has 1 heterocycles. The van der Waals surface area contributed by atoms with Gasteiger partial charge in [0.1, 0.15) is 0 Å². The fourth-order valence-corrected chi connectivity index (χ4v) is 4.62. The van der Waals surface area contributed by atoms with Crippen molar-refractivity contribution in [1.29, 1.82) is 0 Å². The number of amides is 1. The lowest BCUT2D eigenvalue weighted by molar-refractivity contribution is -0.136. The molecule has 2 N–H and O–H groups in total. The highest BCUT2D eigenvalue weighted by atomic mass is 16.4. The Labute approximate surface area is 216 Å². The Morgan fingerprint density at radius 3 is 2.05 bits per heavy atom. The van der Waals surface area contributed by atoms with E-state index >= 15 is 0 Å². The molecule has 3 aromatic carbocycles. The van der Waals surface area contributed by atoms with Gasteiger partial charge in [0, 0.05) is 12.1 Å². The molecule has 6 nitrogen and oxygen atoms in total. The summed E-state index contributed by atoms with van der Waals surface area (Å²) in [5.74, 6) is -2.44. The van der Waals surface area contributed by atoms with E-state index in [2.05, 4.69) is 20.8 Å². The summed E-state index contributed by atoms with van der Waals surface area (Å²) in [5, 5.41) is 20.0. The van der Waals surface area contributed by atoms with E-state index in [9.17, 15) is 19.5 Å². The van der Waals surface area contributed by atoms with E-state index in [4.69, 9.17) is 5.11 Å². The number of aliphatic hydroxyl groups excluding tert-OH is 1. The summed E-state index contributed by atoms with van der Waals surface area (Å²) in [4.78, 5) is 39.3. The van der Waals surface area contributed by atoms with Crippen molar-refractivity contribution >= 4 is 23.3 Å². The number of carboxylic acids is 1. The van der Waals surface area contributed by atoms with Gasteiger partial charge in [0.15, 0.2) is 11.5 Å². The van der Waals surface area contributed by atoms with E-state index in [0.717, 1.165) is 11.1 Å². The van der Waals surface area contributed by atoms with Crippen molar-refractivity contribution in [2.45, 2.75) is 51.5 Å². The van der Waals surface area contributed by atoms with Gasteiger partial charge in [-0.1, -0.05) is 87.5 Å². The molecule has 0 aromatic heterocycles. The SMILES string of the molecule is CC(C)(C)c1ccc(C2C(C(=O)CCc3ccccc3)=C(O)C(=O)N2c2ccc(CC(=O)O)cc2)cc1. The number of hydrogen-bond donors (Lipinski definition) is 2. The number of hydrogen-bond acceptors (Lipinski definition) is 4. The third-order valence-electron chi connectivity index (χ3n) is 6.65. The fraction of sp³-hybridized carbons (Fsp3) is 0.258. The zero-order chi connectivity index (χ0) is 26.7. The van der Waals surface area contributed by atoms with Crippen molar-refractivity contribution in [3.63, 3.8) is 0 Å². The summed E-state index contributed by atoms with van der Waals surface area (Å²) in [6.45, 7) is 6.32. The van der Waals surface area contributed by atoms with Gasteiger partial charge in [-0.05, 0) is 46.2 Å². The van der Waals surface area contributed by atoms with Gasteiger partial charge in [0.25, 0.3) is 5.91 Å². The van der Waals surface area contributed by atoms with Crippen LogP contribution in [0.2, 0.25) is 0 Å². The first kappa shape index (κ1) is 25.9. The third-order valence-corrected chi connectivity index (χ3v) is 6.65. The Morgan fingerprint density at radius 2 is 1.49 bits per heavy atom. The summed E-state index contributed by atoms with van der Waals surface area (Å²) in [6, 6.07) is 23.1. The Bertz CT molecular complexity index is 1330. The molecule has 3 aromatic rings. The van der Waals surface area contributed by atoms with Crippen LogP contribution in [0.4, 0.5) is 5.69 Å². The molecule has 1 aliphatic heterocycles. The van der Waals surface area contributed by atoms with Crippen molar-refractivity contribution in [3.05, 3.63) is 112 Å². The predicted octanol–water partition coefficient (Wildman–Crippen LogP) is 5.71. The van der Waals surface area contributed by atoms with Crippen LogP contribution in [0.25, 0.3) is 0 Å². The second-order valence-corrected chi connectivity index (χ2v) is 10.4. The van der Waals surface area contributed by atoms with Crippen LogP contribution in [0.5, 0.6) is 0 Å². The predicted molar refractivity (Wildman–Crippen MR) is 143 cm³/mol. The average Bonchev–Trinajstić information content (AvgIpc) is 3.13. The summed E-state index contributed by atoms with van der Waals surface area (Å²) >= 11 is 0. The van der Waals surface area contributed by atoms with Crippen LogP contribution in [-0.2, 0) is 32.6 Å². The monoisotopic (exact) mass is 497 g/mol. The minimum absolute atomic E-state index is 0.0734. The number of rotatable bonds is 8. The number of benzene rings is 3. The van der Waals surface area contributed by atoms with Crippen LogP contribution in [-0.4, -0.2) is 27.9 Å². The van der Waals surface area contributed by atoms with Gasteiger partial charge >= 0.3 is 5.97 Å². The smallest absolute Gasteiger partial charge is 0.307 e. The minimum Gasteiger partial charge on any atom is -0.503 e. The maximum atomic E-state index is 13.5. The van der Waals surface area contributed by atoms with Gasteiger partial charge in [0.2, 0.25) is 0 Å². The molecule has 0 bridgehead atoms. The van der Waals surface area contributed by atoms with Gasteiger partial charge in [0.05, 0.1) is 18.0 Å². The average molecular weight is 498 g/mol. The highest BCUT2D eigenvalue weighted by molar-refractivity contribution is 6.16. The van der Waals surface area contributed by atoms with Crippen LogP contribution < -0.4 is 4.90 Å². The number of carbonyl (C=O) groups is 3. The number of carbonyl (C=O) groups excluding carboxylic acids is 2. The molecule has 0 saturated heterocycles. The maximum Gasteiger partial charge on any atom is 0.307 e. The minimum atomic E-state index is -0.951. The molecule has 0 saturated carbocycles. The molecule has 0 fully saturated rings. The Hall–Kier alpha value is -4.19. The topological polar surface area (TPSA) is 94.9 Å². The molecular formula is C31H31NO5. The first-order chi connectivity index (χ1) is 17.6. The molecule has 6 heteroatoms. The molecule has 190 valence electrons. The molecular weight excluding hydrogens is 466 g/mol. The van der Waals surface area contributed by atoms with Crippen molar-refractivity contribution in [1.82, 2.24) is 0 Å². The summed E-state index contributed by atoms with van der Waals surface area (Å²) < 4.78 is 0. The maximum absolute atomic E-state index is 13.5. The lowest BCUT2D eigenvalue weighted by Crippen LogP contribution is -2.31. The second-order valence-electron chi connectivity index (χ2n) is 10.4. The zero-order valence-electron chi connectivity index (χ0n) is 21.3. The molecule has 1 unspecified atom stereocenters. The highest BCUT2D eigenvalue weighted by Crippen LogP contribution is 2.42. The number of anilines is 1. The highest BCUT2D eigenvalue weighted by Gasteiger charge is 2.44. The second kappa shape index (κ2) is 10.4. The molecule has 1 aliphatic rings. The van der Waals surface area contributed by atoms with E-state index < -0.39 is 23.7 Å². The van der Waals surface area contributed by atoms with E-state index in [-0.39, 0.29) is 29.6 Å². The molecule has 0 aliphatic carbocycles. The molecule has 4 rings (SSSR count). The van der Waals surface area contributed by atoms with Crippen molar-refractivity contribution < 1.29 is 24.6 Å². The first-order valence-corrected chi connectivity index (χ1v) is 12.3. The van der Waals surface area contributed by atoms with Gasteiger partial charge in [-0.25, -0.2) is 0 Å². The fourth-order valence-electron chi connectivity index (χ4n) is 4.62. The van der Waals surface area contributed by atoms with Gasteiger partial charge in [-0.3, -0.25) is 19.3 Å². The van der Waals surface area contributed by atoms with Crippen LogP contribution in [0, 0.1) is 0 Å². The number of carboxylic acid groups (broad SMARTS) is 1. The number of aliphatic hydroxyl groups is 1. The number of nitrogens with zero attached hydrogens (tertiary/aromatic N) is 1.